The summed E-state index contributed by atoms with van der Waals surface area (Å²) in [6.45, 7) is 3.68. The highest BCUT2D eigenvalue weighted by molar-refractivity contribution is 7.47. The molecule has 0 aromatic heterocycles. The Hall–Kier alpha value is -2.03. The summed E-state index contributed by atoms with van der Waals surface area (Å²) < 4.78 is 33.0. The van der Waals surface area contributed by atoms with E-state index in [9.17, 15) is 19.0 Å². The number of phosphoric acid groups is 1. The molecule has 0 radical (unpaired) electrons. The van der Waals surface area contributed by atoms with E-state index in [0.29, 0.717) is 6.42 Å². The minimum atomic E-state index is -4.38. The summed E-state index contributed by atoms with van der Waals surface area (Å²) in [5.41, 5.74) is 5.38. The molecule has 0 saturated heterocycles. The molecule has 0 saturated carbocycles. The van der Waals surface area contributed by atoms with Crippen molar-refractivity contribution in [1.29, 1.82) is 0 Å². The molecule has 0 aromatic rings. The number of ether oxygens (including phenoxy) is 2. The molecule has 2 unspecified atom stereocenters. The average Bonchev–Trinajstić information content (AvgIpc) is 3.38. The second kappa shape index (κ2) is 59.2. The molecular weight excluding hydrogens is 930 g/mol. The molecule has 0 aromatic carbocycles. The largest absolute Gasteiger partial charge is 0.472 e. The van der Waals surface area contributed by atoms with Gasteiger partial charge in [-0.25, -0.2) is 4.57 Å². The van der Waals surface area contributed by atoms with Crippen molar-refractivity contribution < 1.29 is 37.6 Å². The van der Waals surface area contributed by atoms with Crippen molar-refractivity contribution in [2.75, 3.05) is 26.4 Å². The number of hydrogen-bond donors (Lipinski definition) is 2. The van der Waals surface area contributed by atoms with Gasteiger partial charge in [-0.05, 0) is 51.4 Å². The Morgan fingerprint density at radius 3 is 1.12 bits per heavy atom. The van der Waals surface area contributed by atoms with Crippen LogP contribution in [0.2, 0.25) is 0 Å². The second-order valence-corrected chi connectivity index (χ2v) is 22.4. The van der Waals surface area contributed by atoms with E-state index < -0.39 is 26.5 Å². The molecule has 0 amide bonds. The van der Waals surface area contributed by atoms with Crippen molar-refractivity contribution >= 4 is 19.8 Å². The van der Waals surface area contributed by atoms with Crippen LogP contribution in [0, 0.1) is 0 Å². The molecule has 10 heteroatoms. The fraction of sp³-hybridized carbons (Fsp3) is 0.841. The van der Waals surface area contributed by atoms with Crippen molar-refractivity contribution in [2.24, 2.45) is 5.73 Å². The van der Waals surface area contributed by atoms with E-state index in [1.807, 2.05) is 0 Å². The number of esters is 2. The molecule has 0 aliphatic rings. The third-order valence-electron chi connectivity index (χ3n) is 13.7. The standard InChI is InChI=1S/C63H118NO8P/c1-3-5-7-9-11-13-15-17-19-20-21-22-23-24-25-26-27-28-29-30-31-32-33-34-35-36-37-38-39-40-42-44-46-48-50-52-54-56-63(66)72-61(60-71-73(67,68)70-58-57-64)59-69-62(65)55-53-51-49-47-45-43-41-18-16-14-12-10-8-6-4-2/h5,7,11,13,17,19,21-22,61H,3-4,6,8-10,12,14-16,18,20,23-60,64H2,1-2H3,(H,67,68)/b7-5-,13-11-,19-17-,22-21-. The molecule has 0 heterocycles. The summed E-state index contributed by atoms with van der Waals surface area (Å²) in [5.74, 6) is -0.809. The minimum absolute atomic E-state index is 0.0561. The van der Waals surface area contributed by atoms with Gasteiger partial charge in [0.25, 0.3) is 0 Å². The van der Waals surface area contributed by atoms with Gasteiger partial charge < -0.3 is 20.1 Å². The van der Waals surface area contributed by atoms with Crippen LogP contribution in [0.5, 0.6) is 0 Å². The van der Waals surface area contributed by atoms with Gasteiger partial charge in [-0.1, -0.05) is 294 Å². The SMILES string of the molecule is CC/C=C\C/C=C\C/C=C\C/C=C\CCCCCCCCCCCCCCCCCCCCCCCCCCC(=O)OC(COC(=O)CCCCCCCCCCCCCCCCC)COP(=O)(O)OCCN. The Morgan fingerprint density at radius 2 is 0.753 bits per heavy atom. The maximum atomic E-state index is 12.7. The lowest BCUT2D eigenvalue weighted by Gasteiger charge is -2.19. The van der Waals surface area contributed by atoms with Crippen molar-refractivity contribution in [1.82, 2.24) is 0 Å². The zero-order valence-corrected chi connectivity index (χ0v) is 48.8. The van der Waals surface area contributed by atoms with E-state index in [0.717, 1.165) is 57.8 Å². The molecule has 73 heavy (non-hydrogen) atoms. The Balaban J connectivity index is 3.78. The van der Waals surface area contributed by atoms with Crippen molar-refractivity contribution in [3.63, 3.8) is 0 Å². The first kappa shape index (κ1) is 71.0. The predicted octanol–water partition coefficient (Wildman–Crippen LogP) is 19.7. The zero-order chi connectivity index (χ0) is 53.1. The first-order valence-electron chi connectivity index (χ1n) is 31.1. The summed E-state index contributed by atoms with van der Waals surface area (Å²) in [6.07, 6.45) is 73.4. The lowest BCUT2D eigenvalue weighted by Crippen LogP contribution is -2.29. The van der Waals surface area contributed by atoms with Gasteiger partial charge >= 0.3 is 19.8 Å². The highest BCUT2D eigenvalue weighted by atomic mass is 31.2. The molecule has 0 aliphatic heterocycles. The van der Waals surface area contributed by atoms with E-state index in [1.54, 1.807) is 0 Å². The van der Waals surface area contributed by atoms with Crippen LogP contribution < -0.4 is 5.73 Å². The molecule has 0 fully saturated rings. The zero-order valence-electron chi connectivity index (χ0n) is 47.9. The number of carbonyl (C=O) groups is 2. The topological polar surface area (TPSA) is 134 Å². The third-order valence-corrected chi connectivity index (χ3v) is 14.7. The lowest BCUT2D eigenvalue weighted by atomic mass is 10.0. The van der Waals surface area contributed by atoms with Gasteiger partial charge in [0.1, 0.15) is 6.61 Å². The van der Waals surface area contributed by atoms with Crippen LogP contribution in [0.25, 0.3) is 0 Å². The van der Waals surface area contributed by atoms with Crippen LogP contribution in [0.3, 0.4) is 0 Å². The average molecular weight is 1050 g/mol. The van der Waals surface area contributed by atoms with E-state index in [4.69, 9.17) is 24.3 Å². The predicted molar refractivity (Wildman–Crippen MR) is 312 cm³/mol. The molecule has 2 atom stereocenters. The van der Waals surface area contributed by atoms with Gasteiger partial charge in [0.15, 0.2) is 6.10 Å². The van der Waals surface area contributed by atoms with Gasteiger partial charge in [0.2, 0.25) is 0 Å². The summed E-state index contributed by atoms with van der Waals surface area (Å²) in [7, 11) is -4.38. The first-order chi connectivity index (χ1) is 35.8. The number of unbranched alkanes of at least 4 members (excludes halogenated alkanes) is 38. The molecule has 0 rings (SSSR count). The monoisotopic (exact) mass is 1050 g/mol. The smallest absolute Gasteiger partial charge is 0.462 e. The van der Waals surface area contributed by atoms with Gasteiger partial charge in [0.05, 0.1) is 13.2 Å². The molecule has 3 N–H and O–H groups in total. The normalized spacial score (nSPS) is 13.3. The summed E-state index contributed by atoms with van der Waals surface area (Å²) in [5, 5.41) is 0. The minimum Gasteiger partial charge on any atom is -0.462 e. The van der Waals surface area contributed by atoms with E-state index in [-0.39, 0.29) is 38.6 Å². The number of rotatable bonds is 59. The van der Waals surface area contributed by atoms with Crippen LogP contribution in [-0.4, -0.2) is 49.3 Å². The summed E-state index contributed by atoms with van der Waals surface area (Å²) >= 11 is 0. The van der Waals surface area contributed by atoms with Gasteiger partial charge in [-0.15, -0.1) is 0 Å². The quantitative estimate of drug-likeness (QED) is 0.0264. The number of phosphoric ester groups is 1. The van der Waals surface area contributed by atoms with Crippen LogP contribution in [0.1, 0.15) is 309 Å². The van der Waals surface area contributed by atoms with Crippen LogP contribution in [-0.2, 0) is 32.7 Å². The van der Waals surface area contributed by atoms with Gasteiger partial charge in [-0.3, -0.25) is 18.6 Å². The summed E-state index contributed by atoms with van der Waals surface area (Å²) in [4.78, 5) is 35.2. The molecular formula is C63H118NO8P. The molecule has 0 aliphatic carbocycles. The number of carbonyl (C=O) groups excluding carboxylic acids is 2. The Labute approximate surface area is 451 Å². The van der Waals surface area contributed by atoms with Crippen LogP contribution in [0.4, 0.5) is 0 Å². The summed E-state index contributed by atoms with van der Waals surface area (Å²) in [6, 6.07) is 0. The van der Waals surface area contributed by atoms with E-state index >= 15 is 0 Å². The van der Waals surface area contributed by atoms with Crippen LogP contribution in [0.15, 0.2) is 48.6 Å². The van der Waals surface area contributed by atoms with E-state index in [2.05, 4.69) is 62.5 Å². The van der Waals surface area contributed by atoms with Gasteiger partial charge in [0, 0.05) is 19.4 Å². The Kier molecular flexibility index (Phi) is 57.6. The highest BCUT2D eigenvalue weighted by Crippen LogP contribution is 2.43. The number of allylic oxidation sites excluding steroid dienone is 8. The maximum absolute atomic E-state index is 12.7. The van der Waals surface area contributed by atoms with Crippen molar-refractivity contribution in [2.45, 2.75) is 315 Å². The number of hydrogen-bond acceptors (Lipinski definition) is 8. The third kappa shape index (κ3) is 59.1. The highest BCUT2D eigenvalue weighted by Gasteiger charge is 2.26. The maximum Gasteiger partial charge on any atom is 0.472 e. The van der Waals surface area contributed by atoms with Crippen molar-refractivity contribution in [3.05, 3.63) is 48.6 Å². The fourth-order valence-corrected chi connectivity index (χ4v) is 9.93. The van der Waals surface area contributed by atoms with E-state index in [1.165, 1.54) is 218 Å². The molecule has 428 valence electrons. The Morgan fingerprint density at radius 1 is 0.425 bits per heavy atom. The fourth-order valence-electron chi connectivity index (χ4n) is 9.16. The first-order valence-corrected chi connectivity index (χ1v) is 32.6. The molecule has 9 nitrogen and oxygen atoms in total. The molecule has 0 bridgehead atoms. The van der Waals surface area contributed by atoms with Crippen LogP contribution >= 0.6 is 7.82 Å². The van der Waals surface area contributed by atoms with Gasteiger partial charge in [-0.2, -0.15) is 0 Å². The second-order valence-electron chi connectivity index (χ2n) is 20.9. The number of nitrogens with two attached hydrogens (primary N) is 1. The van der Waals surface area contributed by atoms with Crippen molar-refractivity contribution in [3.8, 4) is 0 Å². The lowest BCUT2D eigenvalue weighted by molar-refractivity contribution is -0.161. The Bertz CT molecular complexity index is 1330. The molecule has 0 spiro atoms.